The van der Waals surface area contributed by atoms with Crippen molar-refractivity contribution in [2.24, 2.45) is 0 Å². The van der Waals surface area contributed by atoms with Gasteiger partial charge in [-0.05, 0) is 25.1 Å². The van der Waals surface area contributed by atoms with Gasteiger partial charge in [-0.3, -0.25) is 14.5 Å². The number of amides is 1. The van der Waals surface area contributed by atoms with E-state index in [0.717, 1.165) is 26.3 Å². The number of morpholine rings is 1. The average Bonchev–Trinajstić information content (AvgIpc) is 2.64. The SMILES string of the molecule is C[C@H]1COCCN1CCNC(=O)c1ccc(=O)n(-c2ccccc2)n1. The molecule has 132 valence electrons. The van der Waals surface area contributed by atoms with Crippen LogP contribution >= 0.6 is 0 Å². The first-order valence-electron chi connectivity index (χ1n) is 8.41. The predicted octanol–water partition coefficient (Wildman–Crippen LogP) is 0.683. The van der Waals surface area contributed by atoms with Gasteiger partial charge in [-0.25, -0.2) is 0 Å². The number of aromatic nitrogens is 2. The molecule has 0 bridgehead atoms. The Balaban J connectivity index is 1.63. The Morgan fingerprint density at radius 2 is 2.08 bits per heavy atom. The fourth-order valence-corrected chi connectivity index (χ4v) is 2.78. The van der Waals surface area contributed by atoms with Crippen molar-refractivity contribution < 1.29 is 9.53 Å². The average molecular weight is 342 g/mol. The Hall–Kier alpha value is -2.51. The zero-order chi connectivity index (χ0) is 17.6. The standard InChI is InChI=1S/C18H22N4O3/c1-14-13-25-12-11-21(14)10-9-19-18(24)16-7-8-17(23)22(20-16)15-5-3-2-4-6-15/h2-8,14H,9-13H2,1H3,(H,19,24)/t14-/m0/s1. The highest BCUT2D eigenvalue weighted by Crippen LogP contribution is 2.05. The zero-order valence-electron chi connectivity index (χ0n) is 14.2. The summed E-state index contributed by atoms with van der Waals surface area (Å²) in [6, 6.07) is 12.2. The van der Waals surface area contributed by atoms with E-state index in [1.807, 2.05) is 18.2 Å². The molecule has 1 aromatic heterocycles. The highest BCUT2D eigenvalue weighted by Gasteiger charge is 2.18. The first kappa shape index (κ1) is 17.3. The van der Waals surface area contributed by atoms with Crippen LogP contribution in [-0.2, 0) is 4.74 Å². The van der Waals surface area contributed by atoms with Crippen LogP contribution in [0.15, 0.2) is 47.3 Å². The van der Waals surface area contributed by atoms with E-state index in [9.17, 15) is 9.59 Å². The molecule has 2 heterocycles. The van der Waals surface area contributed by atoms with E-state index in [1.165, 1.54) is 16.8 Å². The summed E-state index contributed by atoms with van der Waals surface area (Å²) in [5.41, 5.74) is 0.577. The third-order valence-electron chi connectivity index (χ3n) is 4.22. The number of para-hydroxylation sites is 1. The zero-order valence-corrected chi connectivity index (χ0v) is 14.2. The smallest absolute Gasteiger partial charge is 0.271 e. The summed E-state index contributed by atoms with van der Waals surface area (Å²) in [5.74, 6) is -0.286. The van der Waals surface area contributed by atoms with Gasteiger partial charge in [0.25, 0.3) is 11.5 Å². The lowest BCUT2D eigenvalue weighted by Gasteiger charge is -2.33. The molecule has 1 fully saturated rings. The Morgan fingerprint density at radius 3 is 2.84 bits per heavy atom. The summed E-state index contributed by atoms with van der Waals surface area (Å²) >= 11 is 0. The number of hydrogen-bond acceptors (Lipinski definition) is 5. The predicted molar refractivity (Wildman–Crippen MR) is 94.0 cm³/mol. The fourth-order valence-electron chi connectivity index (χ4n) is 2.78. The van der Waals surface area contributed by atoms with E-state index >= 15 is 0 Å². The minimum atomic E-state index is -0.286. The van der Waals surface area contributed by atoms with Gasteiger partial charge in [0.05, 0.1) is 18.9 Å². The molecule has 1 aliphatic rings. The molecule has 0 radical (unpaired) electrons. The maximum Gasteiger partial charge on any atom is 0.271 e. The summed E-state index contributed by atoms with van der Waals surface area (Å²) < 4.78 is 6.64. The molecule has 1 saturated heterocycles. The molecular formula is C18H22N4O3. The van der Waals surface area contributed by atoms with Crippen LogP contribution in [0.2, 0.25) is 0 Å². The van der Waals surface area contributed by atoms with Crippen molar-refractivity contribution in [2.75, 3.05) is 32.8 Å². The quantitative estimate of drug-likeness (QED) is 0.865. The summed E-state index contributed by atoms with van der Waals surface area (Å²) in [6.45, 7) is 5.70. The summed E-state index contributed by atoms with van der Waals surface area (Å²) in [4.78, 5) is 26.6. The molecule has 1 N–H and O–H groups in total. The molecule has 0 spiro atoms. The van der Waals surface area contributed by atoms with Gasteiger partial charge in [-0.1, -0.05) is 18.2 Å². The molecule has 1 aromatic carbocycles. The van der Waals surface area contributed by atoms with Crippen LogP contribution in [0.5, 0.6) is 0 Å². The van der Waals surface area contributed by atoms with Crippen LogP contribution in [0.3, 0.4) is 0 Å². The molecule has 25 heavy (non-hydrogen) atoms. The fraction of sp³-hybridized carbons (Fsp3) is 0.389. The van der Waals surface area contributed by atoms with Gasteiger partial charge in [-0.2, -0.15) is 9.78 Å². The van der Waals surface area contributed by atoms with E-state index in [0.29, 0.717) is 18.3 Å². The van der Waals surface area contributed by atoms with Gasteiger partial charge in [-0.15, -0.1) is 0 Å². The number of carbonyl (C=O) groups is 1. The molecule has 0 aliphatic carbocycles. The monoisotopic (exact) mass is 342 g/mol. The Bertz CT molecular complexity index is 775. The largest absolute Gasteiger partial charge is 0.379 e. The lowest BCUT2D eigenvalue weighted by molar-refractivity contribution is 0.000533. The third-order valence-corrected chi connectivity index (χ3v) is 4.22. The van der Waals surface area contributed by atoms with E-state index < -0.39 is 0 Å². The van der Waals surface area contributed by atoms with Crippen molar-refractivity contribution in [1.29, 1.82) is 0 Å². The highest BCUT2D eigenvalue weighted by atomic mass is 16.5. The van der Waals surface area contributed by atoms with Gasteiger partial charge in [0, 0.05) is 31.7 Å². The Kier molecular flexibility index (Phi) is 5.57. The summed E-state index contributed by atoms with van der Waals surface area (Å²) in [5, 5.41) is 7.05. The molecule has 7 heteroatoms. The van der Waals surface area contributed by atoms with Gasteiger partial charge < -0.3 is 10.1 Å². The van der Waals surface area contributed by atoms with Crippen LogP contribution in [0.25, 0.3) is 5.69 Å². The van der Waals surface area contributed by atoms with Gasteiger partial charge in [0.2, 0.25) is 0 Å². The molecule has 1 amide bonds. The lowest BCUT2D eigenvalue weighted by Crippen LogP contribution is -2.46. The second kappa shape index (κ2) is 8.04. The molecule has 0 unspecified atom stereocenters. The maximum absolute atomic E-state index is 12.3. The van der Waals surface area contributed by atoms with E-state index in [4.69, 9.17) is 4.74 Å². The molecule has 2 aromatic rings. The van der Waals surface area contributed by atoms with Crippen molar-refractivity contribution in [3.05, 3.63) is 58.5 Å². The highest BCUT2D eigenvalue weighted by molar-refractivity contribution is 5.92. The second-order valence-corrected chi connectivity index (χ2v) is 6.02. The summed E-state index contributed by atoms with van der Waals surface area (Å²) in [7, 11) is 0. The van der Waals surface area contributed by atoms with Gasteiger partial charge in [0.15, 0.2) is 0 Å². The van der Waals surface area contributed by atoms with Crippen LogP contribution in [-0.4, -0.2) is 59.5 Å². The summed E-state index contributed by atoms with van der Waals surface area (Å²) in [6.07, 6.45) is 0. The number of hydrogen-bond donors (Lipinski definition) is 1. The molecule has 1 atom stereocenters. The third kappa shape index (κ3) is 4.32. The molecule has 0 saturated carbocycles. The normalized spacial score (nSPS) is 18.0. The van der Waals surface area contributed by atoms with Gasteiger partial charge in [0.1, 0.15) is 5.69 Å². The molecular weight excluding hydrogens is 320 g/mol. The minimum absolute atomic E-state index is 0.221. The number of ether oxygens (including phenoxy) is 1. The van der Waals surface area contributed by atoms with Crippen LogP contribution in [0, 0.1) is 0 Å². The van der Waals surface area contributed by atoms with Crippen LogP contribution in [0.4, 0.5) is 0 Å². The molecule has 3 rings (SSSR count). The Morgan fingerprint density at radius 1 is 1.28 bits per heavy atom. The van der Waals surface area contributed by atoms with Gasteiger partial charge >= 0.3 is 0 Å². The van der Waals surface area contributed by atoms with E-state index in [2.05, 4.69) is 22.2 Å². The second-order valence-electron chi connectivity index (χ2n) is 6.02. The lowest BCUT2D eigenvalue weighted by atomic mass is 10.2. The number of nitrogens with one attached hydrogen (secondary N) is 1. The topological polar surface area (TPSA) is 76.5 Å². The van der Waals surface area contributed by atoms with Crippen molar-refractivity contribution in [3.63, 3.8) is 0 Å². The molecule has 7 nitrogen and oxygen atoms in total. The maximum atomic E-state index is 12.3. The van der Waals surface area contributed by atoms with Crippen molar-refractivity contribution in [3.8, 4) is 5.69 Å². The van der Waals surface area contributed by atoms with Crippen molar-refractivity contribution in [1.82, 2.24) is 20.0 Å². The van der Waals surface area contributed by atoms with Crippen molar-refractivity contribution in [2.45, 2.75) is 13.0 Å². The number of benzene rings is 1. The number of rotatable bonds is 5. The van der Waals surface area contributed by atoms with Crippen LogP contribution in [0.1, 0.15) is 17.4 Å². The first-order valence-corrected chi connectivity index (χ1v) is 8.41. The van der Waals surface area contributed by atoms with Crippen LogP contribution < -0.4 is 10.9 Å². The Labute approximate surface area is 146 Å². The number of carbonyl (C=O) groups excluding carboxylic acids is 1. The minimum Gasteiger partial charge on any atom is -0.379 e. The van der Waals surface area contributed by atoms with E-state index in [-0.39, 0.29) is 17.2 Å². The molecule has 1 aliphatic heterocycles. The van der Waals surface area contributed by atoms with Crippen molar-refractivity contribution >= 4 is 5.91 Å². The first-order chi connectivity index (χ1) is 12.1. The van der Waals surface area contributed by atoms with E-state index in [1.54, 1.807) is 12.1 Å². The number of nitrogens with zero attached hydrogens (tertiary/aromatic N) is 3.